The van der Waals surface area contributed by atoms with Gasteiger partial charge in [0, 0.05) is 5.41 Å². The molecule has 188 valence electrons. The molecule has 2 aliphatic rings. The largest absolute Gasteiger partial charge is 0.496 e. The van der Waals surface area contributed by atoms with Crippen molar-refractivity contribution in [1.82, 2.24) is 0 Å². The molecule has 0 amide bonds. The zero-order valence-electron chi connectivity index (χ0n) is 23.1. The molecule has 1 aliphatic heterocycles. The van der Waals surface area contributed by atoms with E-state index in [0.717, 1.165) is 5.46 Å². The van der Waals surface area contributed by atoms with Crippen LogP contribution < -0.4 is 5.46 Å². The Balaban J connectivity index is 1.56. The number of hydrogen-bond donors (Lipinski definition) is 0. The molecular formula is C35H33BO2. The third-order valence-electron chi connectivity index (χ3n) is 9.33. The van der Waals surface area contributed by atoms with Gasteiger partial charge in [-0.25, -0.2) is 0 Å². The topological polar surface area (TPSA) is 18.5 Å². The fourth-order valence-corrected chi connectivity index (χ4v) is 6.55. The van der Waals surface area contributed by atoms with E-state index in [1.54, 1.807) is 0 Å². The second-order valence-electron chi connectivity index (χ2n) is 12.4. The molecule has 0 aromatic heterocycles. The summed E-state index contributed by atoms with van der Waals surface area (Å²) in [5, 5.41) is 4.89. The molecule has 2 nitrogen and oxygen atoms in total. The average Bonchev–Trinajstić information content (AvgIpc) is 3.27. The Kier molecular flexibility index (Phi) is 4.88. The van der Waals surface area contributed by atoms with Crippen LogP contribution in [0.2, 0.25) is 0 Å². The van der Waals surface area contributed by atoms with Gasteiger partial charge in [0.25, 0.3) is 0 Å². The number of fused-ring (bicyclic) bond motifs is 6. The van der Waals surface area contributed by atoms with Gasteiger partial charge < -0.3 is 9.31 Å². The van der Waals surface area contributed by atoms with Crippen LogP contribution >= 0.6 is 0 Å². The predicted molar refractivity (Wildman–Crippen MR) is 160 cm³/mol. The minimum atomic E-state index is -0.469. The van der Waals surface area contributed by atoms with Gasteiger partial charge in [0.2, 0.25) is 0 Å². The quantitative estimate of drug-likeness (QED) is 0.181. The van der Waals surface area contributed by atoms with Crippen molar-refractivity contribution in [2.45, 2.75) is 58.2 Å². The lowest BCUT2D eigenvalue weighted by Gasteiger charge is -2.32. The summed E-state index contributed by atoms with van der Waals surface area (Å²) in [4.78, 5) is 0. The Labute approximate surface area is 225 Å². The predicted octanol–water partition coefficient (Wildman–Crippen LogP) is 8.27. The molecule has 1 saturated heterocycles. The molecule has 0 bridgehead atoms. The van der Waals surface area contributed by atoms with Crippen molar-refractivity contribution >= 4 is 34.1 Å². The van der Waals surface area contributed by atoms with Crippen LogP contribution in [0.3, 0.4) is 0 Å². The van der Waals surface area contributed by atoms with E-state index >= 15 is 0 Å². The van der Waals surface area contributed by atoms with Gasteiger partial charge in [-0.15, -0.1) is 0 Å². The van der Waals surface area contributed by atoms with Crippen molar-refractivity contribution in [2.75, 3.05) is 0 Å². The maximum absolute atomic E-state index is 6.73. The van der Waals surface area contributed by atoms with Gasteiger partial charge in [-0.05, 0) is 94.1 Å². The van der Waals surface area contributed by atoms with Crippen LogP contribution in [0.15, 0.2) is 91.0 Å². The van der Waals surface area contributed by atoms with E-state index in [9.17, 15) is 0 Å². The summed E-state index contributed by atoms with van der Waals surface area (Å²) in [7, 11) is -0.469. The van der Waals surface area contributed by atoms with Crippen LogP contribution in [-0.2, 0) is 14.7 Å². The summed E-state index contributed by atoms with van der Waals surface area (Å²) in [6.07, 6.45) is 0. The molecular weight excluding hydrogens is 463 g/mol. The summed E-state index contributed by atoms with van der Waals surface area (Å²) in [6.45, 7) is 13.2. The van der Waals surface area contributed by atoms with Crippen LogP contribution in [0, 0.1) is 0 Å². The van der Waals surface area contributed by atoms with Crippen molar-refractivity contribution in [2.24, 2.45) is 0 Å². The summed E-state index contributed by atoms with van der Waals surface area (Å²) in [6, 6.07) is 33.3. The molecule has 0 spiro atoms. The number of benzene rings is 5. The van der Waals surface area contributed by atoms with E-state index in [1.165, 1.54) is 54.9 Å². The Bertz CT molecular complexity index is 1750. The van der Waals surface area contributed by atoms with Crippen LogP contribution in [0.4, 0.5) is 0 Å². The minimum Gasteiger partial charge on any atom is -0.399 e. The van der Waals surface area contributed by atoms with Crippen molar-refractivity contribution in [3.8, 4) is 22.3 Å². The molecule has 0 saturated carbocycles. The maximum atomic E-state index is 6.73. The van der Waals surface area contributed by atoms with Gasteiger partial charge in [0.15, 0.2) is 0 Å². The Hall–Kier alpha value is -3.40. The van der Waals surface area contributed by atoms with Gasteiger partial charge >= 0.3 is 7.12 Å². The molecule has 38 heavy (non-hydrogen) atoms. The van der Waals surface area contributed by atoms with E-state index in [0.29, 0.717) is 0 Å². The van der Waals surface area contributed by atoms with Crippen molar-refractivity contribution in [3.05, 3.63) is 102 Å². The third-order valence-corrected chi connectivity index (χ3v) is 9.33. The Morgan fingerprint density at radius 2 is 1.05 bits per heavy atom. The molecule has 0 N–H and O–H groups in total. The van der Waals surface area contributed by atoms with Crippen LogP contribution in [0.25, 0.3) is 43.8 Å². The van der Waals surface area contributed by atoms with Gasteiger partial charge in [-0.2, -0.15) is 0 Å². The first kappa shape index (κ1) is 23.7. The normalized spacial score (nSPS) is 18.6. The lowest BCUT2D eigenvalue weighted by molar-refractivity contribution is 0.00578. The fraction of sp³-hybridized carbons (Fsp3) is 0.257. The molecule has 5 aromatic carbocycles. The van der Waals surface area contributed by atoms with Gasteiger partial charge in [0.1, 0.15) is 0 Å². The molecule has 1 fully saturated rings. The summed E-state index contributed by atoms with van der Waals surface area (Å²) in [5.74, 6) is 0. The molecule has 1 heterocycles. The molecule has 0 radical (unpaired) electrons. The maximum Gasteiger partial charge on any atom is 0.496 e. The molecule has 3 heteroatoms. The van der Waals surface area contributed by atoms with Crippen molar-refractivity contribution < 1.29 is 9.31 Å². The van der Waals surface area contributed by atoms with Gasteiger partial charge in [0.05, 0.1) is 11.2 Å². The van der Waals surface area contributed by atoms with Gasteiger partial charge in [-0.3, -0.25) is 0 Å². The van der Waals surface area contributed by atoms with E-state index in [1.807, 2.05) is 0 Å². The highest BCUT2D eigenvalue weighted by atomic mass is 16.7. The van der Waals surface area contributed by atoms with Crippen molar-refractivity contribution in [3.63, 3.8) is 0 Å². The zero-order chi connectivity index (χ0) is 26.4. The second kappa shape index (κ2) is 7.82. The number of rotatable bonds is 2. The summed E-state index contributed by atoms with van der Waals surface area (Å²) < 4.78 is 13.5. The highest BCUT2D eigenvalue weighted by molar-refractivity contribution is 6.68. The van der Waals surface area contributed by atoms with Crippen molar-refractivity contribution in [1.29, 1.82) is 0 Å². The van der Waals surface area contributed by atoms with E-state index < -0.39 is 18.3 Å². The minimum absolute atomic E-state index is 0.0703. The van der Waals surface area contributed by atoms with Gasteiger partial charge in [-0.1, -0.05) is 98.8 Å². The van der Waals surface area contributed by atoms with Crippen LogP contribution in [0.1, 0.15) is 52.7 Å². The first-order valence-electron chi connectivity index (χ1n) is 13.6. The lowest BCUT2D eigenvalue weighted by Crippen LogP contribution is -2.41. The SMILES string of the molecule is CC1(C)c2ccccc2-c2ccc(-c3c(B4OC(C)(C)C(C)(C)O4)c4ccccc4c4ccccc34)cc21. The molecule has 0 unspecified atom stereocenters. The fourth-order valence-electron chi connectivity index (χ4n) is 6.55. The second-order valence-corrected chi connectivity index (χ2v) is 12.4. The molecule has 1 aliphatic carbocycles. The summed E-state index contributed by atoms with van der Waals surface area (Å²) in [5.41, 5.74) is 8.03. The standard InChI is InChI=1S/C35H33BO2/c1-33(2)29-18-12-11-15-25(29)26-20-19-22(21-30(26)33)31-27-16-9-7-13-23(27)24-14-8-10-17-28(24)32(31)36-37-34(3,4)35(5,6)38-36/h7-21H,1-6H3. The number of hydrogen-bond acceptors (Lipinski definition) is 2. The first-order chi connectivity index (χ1) is 18.1. The highest BCUT2D eigenvalue weighted by Crippen LogP contribution is 2.50. The van der Waals surface area contributed by atoms with E-state index in [4.69, 9.17) is 9.31 Å². The highest BCUT2D eigenvalue weighted by Gasteiger charge is 2.53. The summed E-state index contributed by atoms with van der Waals surface area (Å²) >= 11 is 0. The lowest BCUT2D eigenvalue weighted by atomic mass is 9.69. The van der Waals surface area contributed by atoms with E-state index in [-0.39, 0.29) is 5.41 Å². The monoisotopic (exact) mass is 496 g/mol. The molecule has 0 atom stereocenters. The first-order valence-corrected chi connectivity index (χ1v) is 13.6. The van der Waals surface area contributed by atoms with Crippen LogP contribution in [-0.4, -0.2) is 18.3 Å². The molecule has 5 aromatic rings. The Morgan fingerprint density at radius 1 is 0.526 bits per heavy atom. The third kappa shape index (κ3) is 3.15. The van der Waals surface area contributed by atoms with E-state index in [2.05, 4.69) is 133 Å². The smallest absolute Gasteiger partial charge is 0.399 e. The zero-order valence-corrected chi connectivity index (χ0v) is 23.1. The average molecular weight is 496 g/mol. The van der Waals surface area contributed by atoms with Crippen LogP contribution in [0.5, 0.6) is 0 Å². The molecule has 7 rings (SSSR count). The Morgan fingerprint density at radius 3 is 1.74 bits per heavy atom.